The van der Waals surface area contributed by atoms with Crippen LogP contribution in [0.3, 0.4) is 0 Å². The molecule has 2 heteroatoms. The van der Waals surface area contributed by atoms with Gasteiger partial charge in [-0.25, -0.2) is 0 Å². The van der Waals surface area contributed by atoms with Gasteiger partial charge in [-0.2, -0.15) is 0 Å². The minimum absolute atomic E-state index is 0.224. The van der Waals surface area contributed by atoms with E-state index in [1.165, 1.54) is 23.2 Å². The quantitative estimate of drug-likeness (QED) is 0.765. The molecule has 0 spiro atoms. The van der Waals surface area contributed by atoms with Gasteiger partial charge < -0.3 is 4.90 Å². The number of hydrogen-bond donors (Lipinski definition) is 0. The second-order valence-electron chi connectivity index (χ2n) is 7.08. The first-order valence-electron chi connectivity index (χ1n) is 7.29. The molecule has 0 bridgehead atoms. The van der Waals surface area contributed by atoms with Gasteiger partial charge in [-0.15, -0.1) is 0 Å². The van der Waals surface area contributed by atoms with Gasteiger partial charge in [-0.3, -0.25) is 4.90 Å². The van der Waals surface area contributed by atoms with Crippen LogP contribution >= 0.6 is 0 Å². The van der Waals surface area contributed by atoms with Gasteiger partial charge in [0.25, 0.3) is 0 Å². The summed E-state index contributed by atoms with van der Waals surface area (Å²) < 4.78 is 0. The van der Waals surface area contributed by atoms with Crippen molar-refractivity contribution < 1.29 is 0 Å². The molecular formula is C17H28N2. The van der Waals surface area contributed by atoms with Crippen molar-refractivity contribution in [2.75, 3.05) is 33.7 Å². The third kappa shape index (κ3) is 3.18. The summed E-state index contributed by atoms with van der Waals surface area (Å²) in [6.07, 6.45) is 0. The summed E-state index contributed by atoms with van der Waals surface area (Å²) in [5.74, 6) is 0. The van der Waals surface area contributed by atoms with Gasteiger partial charge in [-0.05, 0) is 43.1 Å². The van der Waals surface area contributed by atoms with Crippen LogP contribution in [0.1, 0.15) is 43.5 Å². The summed E-state index contributed by atoms with van der Waals surface area (Å²) in [7, 11) is 4.48. The zero-order valence-electron chi connectivity index (χ0n) is 13.3. The number of hydrogen-bond acceptors (Lipinski definition) is 2. The van der Waals surface area contributed by atoms with Crippen LogP contribution in [0.2, 0.25) is 0 Å². The van der Waals surface area contributed by atoms with E-state index in [-0.39, 0.29) is 5.41 Å². The first-order chi connectivity index (χ1) is 8.79. The molecular weight excluding hydrogens is 232 g/mol. The number of rotatable bonds is 1. The lowest BCUT2D eigenvalue weighted by atomic mass is 9.84. The topological polar surface area (TPSA) is 6.48 Å². The summed E-state index contributed by atoms with van der Waals surface area (Å²) in [5, 5.41) is 0. The Bertz CT molecular complexity index is 445. The highest BCUT2D eigenvalue weighted by Gasteiger charge is 2.26. The van der Waals surface area contributed by atoms with Crippen molar-refractivity contribution in [3.05, 3.63) is 34.9 Å². The van der Waals surface area contributed by atoms with Gasteiger partial charge in [0.2, 0.25) is 0 Å². The van der Waals surface area contributed by atoms with Gasteiger partial charge in [0.1, 0.15) is 0 Å². The molecule has 2 rings (SSSR count). The Kier molecular flexibility index (Phi) is 4.03. The summed E-state index contributed by atoms with van der Waals surface area (Å²) in [5.41, 5.74) is 4.58. The van der Waals surface area contributed by atoms with Crippen molar-refractivity contribution in [3.63, 3.8) is 0 Å². The lowest BCUT2D eigenvalue weighted by molar-refractivity contribution is 0.114. The van der Waals surface area contributed by atoms with Gasteiger partial charge in [-0.1, -0.05) is 39.0 Å². The largest absolute Gasteiger partial charge is 0.303 e. The van der Waals surface area contributed by atoms with Crippen LogP contribution in [-0.4, -0.2) is 43.5 Å². The van der Waals surface area contributed by atoms with E-state index in [9.17, 15) is 0 Å². The summed E-state index contributed by atoms with van der Waals surface area (Å²) in [4.78, 5) is 4.93. The number of nitrogens with zero attached hydrogens (tertiary/aromatic N) is 2. The Hall–Kier alpha value is -0.860. The second kappa shape index (κ2) is 5.26. The third-order valence-corrected chi connectivity index (χ3v) is 4.36. The Balaban J connectivity index is 2.37. The zero-order valence-corrected chi connectivity index (χ0v) is 13.3. The van der Waals surface area contributed by atoms with Crippen LogP contribution in [0, 0.1) is 6.92 Å². The van der Waals surface area contributed by atoms with E-state index in [4.69, 9.17) is 0 Å². The van der Waals surface area contributed by atoms with Crippen molar-refractivity contribution in [1.82, 2.24) is 9.80 Å². The van der Waals surface area contributed by atoms with E-state index < -0.39 is 0 Å². The number of aryl methyl sites for hydroxylation is 1. The standard InChI is InChI=1S/C17H28N2/c1-13-7-8-14(17(2,3)4)11-15(13)16-12-18(5)9-10-19(16)6/h7-8,11,16H,9-10,12H2,1-6H3. The molecule has 19 heavy (non-hydrogen) atoms. The van der Waals surface area contributed by atoms with Crippen molar-refractivity contribution in [2.24, 2.45) is 0 Å². The van der Waals surface area contributed by atoms with E-state index in [1.54, 1.807) is 0 Å². The highest BCUT2D eigenvalue weighted by Crippen LogP contribution is 2.31. The highest BCUT2D eigenvalue weighted by atomic mass is 15.3. The maximum Gasteiger partial charge on any atom is 0.0475 e. The van der Waals surface area contributed by atoms with Crippen molar-refractivity contribution in [1.29, 1.82) is 0 Å². The molecule has 0 amide bonds. The molecule has 0 radical (unpaired) electrons. The molecule has 1 heterocycles. The lowest BCUT2D eigenvalue weighted by Gasteiger charge is -2.39. The van der Waals surface area contributed by atoms with E-state index in [0.717, 1.165) is 13.1 Å². The van der Waals surface area contributed by atoms with Gasteiger partial charge in [0.15, 0.2) is 0 Å². The molecule has 2 nitrogen and oxygen atoms in total. The predicted molar refractivity (Wildman–Crippen MR) is 82.7 cm³/mol. The Morgan fingerprint density at radius 2 is 1.79 bits per heavy atom. The molecule has 1 aromatic carbocycles. The molecule has 1 aliphatic heterocycles. The minimum Gasteiger partial charge on any atom is -0.303 e. The molecule has 1 aliphatic rings. The van der Waals surface area contributed by atoms with Crippen LogP contribution in [-0.2, 0) is 5.41 Å². The molecule has 0 N–H and O–H groups in total. The van der Waals surface area contributed by atoms with Crippen molar-refractivity contribution in [3.8, 4) is 0 Å². The normalized spacial score (nSPS) is 22.7. The van der Waals surface area contributed by atoms with E-state index >= 15 is 0 Å². The van der Waals surface area contributed by atoms with Crippen LogP contribution in [0.15, 0.2) is 18.2 Å². The molecule has 106 valence electrons. The lowest BCUT2D eigenvalue weighted by Crippen LogP contribution is -2.45. The number of piperazine rings is 1. The molecule has 1 fully saturated rings. The van der Waals surface area contributed by atoms with Gasteiger partial charge >= 0.3 is 0 Å². The van der Waals surface area contributed by atoms with E-state index in [2.05, 4.69) is 69.8 Å². The monoisotopic (exact) mass is 260 g/mol. The maximum atomic E-state index is 2.49. The smallest absolute Gasteiger partial charge is 0.0475 e. The summed E-state index contributed by atoms with van der Waals surface area (Å²) >= 11 is 0. The first-order valence-corrected chi connectivity index (χ1v) is 7.29. The van der Waals surface area contributed by atoms with Crippen LogP contribution in [0.25, 0.3) is 0 Å². The fourth-order valence-electron chi connectivity index (χ4n) is 2.81. The molecule has 0 aliphatic carbocycles. The maximum absolute atomic E-state index is 2.49. The zero-order chi connectivity index (χ0) is 14.2. The highest BCUT2D eigenvalue weighted by molar-refractivity contribution is 5.37. The molecule has 0 saturated carbocycles. The number of likely N-dealkylation sites (N-methyl/N-ethyl adjacent to an activating group) is 2. The van der Waals surface area contributed by atoms with E-state index in [0.29, 0.717) is 6.04 Å². The average Bonchev–Trinajstić information content (AvgIpc) is 2.32. The Morgan fingerprint density at radius 1 is 1.11 bits per heavy atom. The third-order valence-electron chi connectivity index (χ3n) is 4.36. The molecule has 1 unspecified atom stereocenters. The average molecular weight is 260 g/mol. The molecule has 1 saturated heterocycles. The SMILES string of the molecule is Cc1ccc(C(C)(C)C)cc1C1CN(C)CCN1C. The van der Waals surface area contributed by atoms with Crippen molar-refractivity contribution >= 4 is 0 Å². The van der Waals surface area contributed by atoms with Gasteiger partial charge in [0.05, 0.1) is 0 Å². The molecule has 1 aromatic rings. The van der Waals surface area contributed by atoms with Crippen LogP contribution in [0.5, 0.6) is 0 Å². The predicted octanol–water partition coefficient (Wildman–Crippen LogP) is 3.21. The van der Waals surface area contributed by atoms with Crippen LogP contribution in [0.4, 0.5) is 0 Å². The number of benzene rings is 1. The Morgan fingerprint density at radius 3 is 2.42 bits per heavy atom. The summed E-state index contributed by atoms with van der Waals surface area (Å²) in [6.45, 7) is 12.6. The van der Waals surface area contributed by atoms with Crippen LogP contribution < -0.4 is 0 Å². The van der Waals surface area contributed by atoms with Crippen molar-refractivity contribution in [2.45, 2.75) is 39.2 Å². The summed E-state index contributed by atoms with van der Waals surface area (Å²) in [6, 6.07) is 7.53. The Labute approximate surface area is 118 Å². The molecule has 0 aromatic heterocycles. The first kappa shape index (κ1) is 14.5. The van der Waals surface area contributed by atoms with E-state index in [1.807, 2.05) is 0 Å². The fourth-order valence-corrected chi connectivity index (χ4v) is 2.81. The minimum atomic E-state index is 0.224. The molecule has 1 atom stereocenters. The fraction of sp³-hybridized carbons (Fsp3) is 0.647. The van der Waals surface area contributed by atoms with Gasteiger partial charge in [0, 0.05) is 25.7 Å². The second-order valence-corrected chi connectivity index (χ2v) is 7.08.